The largest absolute Gasteiger partial charge is 0.468 e. The van der Waals surface area contributed by atoms with E-state index in [1.807, 2.05) is 30.5 Å². The van der Waals surface area contributed by atoms with Crippen LogP contribution in [0.15, 0.2) is 35.4 Å². The van der Waals surface area contributed by atoms with Crippen LogP contribution in [0, 0.1) is 0 Å². The summed E-state index contributed by atoms with van der Waals surface area (Å²) in [6, 6.07) is 7.16. The van der Waals surface area contributed by atoms with Gasteiger partial charge < -0.3 is 15.5 Å². The number of esters is 1. The third kappa shape index (κ3) is 2.97. The van der Waals surface area contributed by atoms with Crippen molar-refractivity contribution in [3.05, 3.63) is 36.3 Å². The van der Waals surface area contributed by atoms with Crippen molar-refractivity contribution in [3.63, 3.8) is 0 Å². The van der Waals surface area contributed by atoms with Crippen LogP contribution in [0.1, 0.15) is 11.9 Å². The Labute approximate surface area is 115 Å². The van der Waals surface area contributed by atoms with Crippen LogP contribution in [0.2, 0.25) is 0 Å². The molecule has 1 aromatic carbocycles. The molecule has 2 aromatic rings. The Balaban J connectivity index is 2.22. The van der Waals surface area contributed by atoms with Crippen molar-refractivity contribution >= 4 is 17.7 Å². The van der Waals surface area contributed by atoms with Gasteiger partial charge in [-0.15, -0.1) is 11.8 Å². The maximum atomic E-state index is 11.3. The lowest BCUT2D eigenvalue weighted by atomic mass is 10.2. The van der Waals surface area contributed by atoms with Crippen LogP contribution in [0.25, 0.3) is 11.3 Å². The minimum absolute atomic E-state index is 0.399. The van der Waals surface area contributed by atoms with Crippen molar-refractivity contribution in [3.8, 4) is 11.3 Å². The number of methoxy groups -OCH3 is 1. The zero-order chi connectivity index (χ0) is 13.8. The third-order valence-electron chi connectivity index (χ3n) is 2.75. The number of ether oxygens (including phenoxy) is 1. The first kappa shape index (κ1) is 13.6. The molecular weight excluding hydrogens is 262 g/mol. The Kier molecular flexibility index (Phi) is 4.24. The Bertz CT molecular complexity index is 566. The highest BCUT2D eigenvalue weighted by molar-refractivity contribution is 7.98. The fourth-order valence-electron chi connectivity index (χ4n) is 1.65. The van der Waals surface area contributed by atoms with Crippen LogP contribution in [-0.4, -0.2) is 29.3 Å². The van der Waals surface area contributed by atoms with Crippen molar-refractivity contribution in [2.75, 3.05) is 13.4 Å². The molecule has 3 N–H and O–H groups in total. The number of imidazole rings is 1. The molecule has 1 atom stereocenters. The Morgan fingerprint density at radius 3 is 2.68 bits per heavy atom. The van der Waals surface area contributed by atoms with Crippen LogP contribution >= 0.6 is 11.8 Å². The number of aromatic amines is 1. The number of thioether (sulfide) groups is 1. The lowest BCUT2D eigenvalue weighted by Crippen LogP contribution is -2.23. The highest BCUT2D eigenvalue weighted by atomic mass is 32.2. The van der Waals surface area contributed by atoms with Gasteiger partial charge in [-0.1, -0.05) is 12.1 Å². The molecule has 1 unspecified atom stereocenters. The summed E-state index contributed by atoms with van der Waals surface area (Å²) >= 11 is 1.68. The van der Waals surface area contributed by atoms with Crippen molar-refractivity contribution in [1.29, 1.82) is 0 Å². The second-order valence-electron chi connectivity index (χ2n) is 3.91. The second kappa shape index (κ2) is 5.90. The molecule has 0 aliphatic carbocycles. The predicted molar refractivity (Wildman–Crippen MR) is 74.7 cm³/mol. The van der Waals surface area contributed by atoms with Gasteiger partial charge >= 0.3 is 5.97 Å². The van der Waals surface area contributed by atoms with Gasteiger partial charge in [0, 0.05) is 4.90 Å². The smallest absolute Gasteiger partial charge is 0.330 e. The highest BCUT2D eigenvalue weighted by Gasteiger charge is 2.19. The fourth-order valence-corrected chi connectivity index (χ4v) is 2.06. The minimum atomic E-state index is -0.885. The average Bonchev–Trinajstić information content (AvgIpc) is 2.95. The number of nitrogens with zero attached hydrogens (tertiary/aromatic N) is 1. The van der Waals surface area contributed by atoms with Gasteiger partial charge in [-0.2, -0.15) is 0 Å². The molecule has 100 valence electrons. The molecule has 0 saturated heterocycles. The first-order chi connectivity index (χ1) is 9.15. The molecule has 0 saturated carbocycles. The summed E-state index contributed by atoms with van der Waals surface area (Å²) in [5.41, 5.74) is 7.53. The van der Waals surface area contributed by atoms with Crippen LogP contribution in [0.5, 0.6) is 0 Å². The maximum absolute atomic E-state index is 11.3. The van der Waals surface area contributed by atoms with E-state index >= 15 is 0 Å². The lowest BCUT2D eigenvalue weighted by Gasteiger charge is -2.05. The fraction of sp³-hybridized carbons (Fsp3) is 0.231. The number of rotatable bonds is 4. The number of H-pyrrole nitrogens is 1. The normalized spacial score (nSPS) is 12.2. The topological polar surface area (TPSA) is 81.0 Å². The number of nitrogens with two attached hydrogens (primary N) is 1. The molecule has 6 heteroatoms. The molecule has 0 fully saturated rings. The first-order valence-corrected chi connectivity index (χ1v) is 6.91. The summed E-state index contributed by atoms with van der Waals surface area (Å²) in [6.45, 7) is 0. The van der Waals surface area contributed by atoms with Gasteiger partial charge in [0.15, 0.2) is 6.04 Å². The average molecular weight is 277 g/mol. The summed E-state index contributed by atoms with van der Waals surface area (Å²) in [5.74, 6) is -0.116. The molecule has 0 spiro atoms. The van der Waals surface area contributed by atoms with Crippen LogP contribution in [0.3, 0.4) is 0 Å². The zero-order valence-corrected chi connectivity index (χ0v) is 11.5. The quantitative estimate of drug-likeness (QED) is 0.659. The minimum Gasteiger partial charge on any atom is -0.468 e. The van der Waals surface area contributed by atoms with Gasteiger partial charge in [0.1, 0.15) is 5.82 Å². The van der Waals surface area contributed by atoms with E-state index in [0.29, 0.717) is 5.82 Å². The van der Waals surface area contributed by atoms with E-state index in [0.717, 1.165) is 11.3 Å². The summed E-state index contributed by atoms with van der Waals surface area (Å²) in [6.07, 6.45) is 3.69. The van der Waals surface area contributed by atoms with Gasteiger partial charge in [0.25, 0.3) is 0 Å². The monoisotopic (exact) mass is 277 g/mol. The molecule has 5 nitrogen and oxygen atoms in total. The van der Waals surface area contributed by atoms with E-state index in [9.17, 15) is 4.79 Å². The number of hydrogen-bond donors (Lipinski definition) is 2. The van der Waals surface area contributed by atoms with Crippen molar-refractivity contribution in [1.82, 2.24) is 9.97 Å². The first-order valence-electron chi connectivity index (χ1n) is 5.68. The van der Waals surface area contributed by atoms with Crippen molar-refractivity contribution in [2.24, 2.45) is 5.73 Å². The highest BCUT2D eigenvalue weighted by Crippen LogP contribution is 2.22. The van der Waals surface area contributed by atoms with Gasteiger partial charge in [-0.25, -0.2) is 9.78 Å². The molecule has 2 rings (SSSR count). The molecule has 1 heterocycles. The maximum Gasteiger partial charge on any atom is 0.330 e. The number of benzene rings is 1. The molecule has 19 heavy (non-hydrogen) atoms. The van der Waals surface area contributed by atoms with E-state index in [-0.39, 0.29) is 0 Å². The van der Waals surface area contributed by atoms with Crippen molar-refractivity contribution in [2.45, 2.75) is 10.9 Å². The van der Waals surface area contributed by atoms with E-state index in [1.54, 1.807) is 18.0 Å². The summed E-state index contributed by atoms with van der Waals surface area (Å²) in [7, 11) is 1.30. The lowest BCUT2D eigenvalue weighted by molar-refractivity contribution is -0.142. The molecular formula is C13H15N3O2S. The second-order valence-corrected chi connectivity index (χ2v) is 4.79. The number of hydrogen-bond acceptors (Lipinski definition) is 5. The predicted octanol–water partition coefficient (Wildman–Crippen LogP) is 1.97. The number of aromatic nitrogens is 2. The third-order valence-corrected chi connectivity index (χ3v) is 3.49. The van der Waals surface area contributed by atoms with Crippen LogP contribution in [0.4, 0.5) is 0 Å². The van der Waals surface area contributed by atoms with Crippen molar-refractivity contribution < 1.29 is 9.53 Å². The number of nitrogens with one attached hydrogen (secondary N) is 1. The van der Waals surface area contributed by atoms with E-state index in [4.69, 9.17) is 5.73 Å². The molecule has 0 radical (unpaired) electrons. The molecule has 0 amide bonds. The summed E-state index contributed by atoms with van der Waals surface area (Å²) < 4.78 is 4.58. The molecule has 0 aliphatic heterocycles. The molecule has 0 aliphatic rings. The SMILES string of the molecule is COC(=O)C(N)c1ncc(-c2ccc(SC)cc2)[nH]1. The van der Waals surface area contributed by atoms with Gasteiger partial charge in [0.2, 0.25) is 0 Å². The van der Waals surface area contributed by atoms with Crippen LogP contribution < -0.4 is 5.73 Å². The summed E-state index contributed by atoms with van der Waals surface area (Å²) in [5, 5.41) is 0. The van der Waals surface area contributed by atoms with E-state index in [2.05, 4.69) is 14.7 Å². The van der Waals surface area contributed by atoms with Gasteiger partial charge in [-0.05, 0) is 24.0 Å². The van der Waals surface area contributed by atoms with Gasteiger partial charge in [-0.3, -0.25) is 0 Å². The number of carbonyl (C=O) groups excluding carboxylic acids is 1. The Morgan fingerprint density at radius 2 is 2.11 bits per heavy atom. The van der Waals surface area contributed by atoms with E-state index in [1.165, 1.54) is 12.0 Å². The van der Waals surface area contributed by atoms with Gasteiger partial charge in [0.05, 0.1) is 19.0 Å². The zero-order valence-electron chi connectivity index (χ0n) is 10.7. The number of carbonyl (C=O) groups is 1. The standard InChI is InChI=1S/C13H15N3O2S/c1-18-13(17)11(14)12-15-7-10(16-12)8-3-5-9(19-2)6-4-8/h3-7,11H,14H2,1-2H3,(H,15,16). The molecule has 1 aromatic heterocycles. The molecule has 0 bridgehead atoms. The Morgan fingerprint density at radius 1 is 1.42 bits per heavy atom. The van der Waals surface area contributed by atoms with E-state index < -0.39 is 12.0 Å². The van der Waals surface area contributed by atoms with Crippen LogP contribution in [-0.2, 0) is 9.53 Å². The Hall–Kier alpha value is -1.79. The summed E-state index contributed by atoms with van der Waals surface area (Å²) in [4.78, 5) is 19.7.